The quantitative estimate of drug-likeness (QED) is 0.432. The number of hydrogen-bond donors (Lipinski definition) is 2. The maximum atomic E-state index is 14.1. The number of halogens is 5. The lowest BCUT2D eigenvalue weighted by Crippen LogP contribution is -2.22. The fourth-order valence-electron chi connectivity index (χ4n) is 3.42. The van der Waals surface area contributed by atoms with Crippen molar-refractivity contribution in [1.29, 1.82) is 0 Å². The summed E-state index contributed by atoms with van der Waals surface area (Å²) in [6.07, 6.45) is -0.455. The molecule has 12 heteroatoms. The number of fused-ring (bicyclic) bond motifs is 1. The summed E-state index contributed by atoms with van der Waals surface area (Å²) >= 11 is 0. The number of anilines is 1. The molecule has 0 radical (unpaired) electrons. The fourth-order valence-corrected chi connectivity index (χ4v) is 3.42. The van der Waals surface area contributed by atoms with E-state index < -0.39 is 35.0 Å². The maximum absolute atomic E-state index is 14.1. The van der Waals surface area contributed by atoms with Crippen LogP contribution in [0.25, 0.3) is 17.5 Å². The third-order valence-electron chi connectivity index (χ3n) is 4.91. The molecular weight excluding hydrogens is 461 g/mol. The van der Waals surface area contributed by atoms with Crippen LogP contribution in [0.4, 0.5) is 27.6 Å². The van der Waals surface area contributed by atoms with E-state index in [0.717, 1.165) is 18.5 Å². The van der Waals surface area contributed by atoms with E-state index in [1.807, 2.05) is 0 Å². The maximum Gasteiger partial charge on any atom is 0.434 e. The molecule has 0 saturated carbocycles. The average molecular weight is 475 g/mol. The van der Waals surface area contributed by atoms with Gasteiger partial charge in [0.05, 0.1) is 17.4 Å². The summed E-state index contributed by atoms with van der Waals surface area (Å²) in [6, 6.07) is 6.33. The lowest BCUT2D eigenvalue weighted by molar-refractivity contribution is -0.143. The largest absolute Gasteiger partial charge is 0.434 e. The molecule has 0 aliphatic carbocycles. The van der Waals surface area contributed by atoms with Crippen LogP contribution in [0.2, 0.25) is 0 Å². The lowest BCUT2D eigenvalue weighted by Gasteiger charge is -2.19. The van der Waals surface area contributed by atoms with Crippen molar-refractivity contribution < 1.29 is 31.5 Å². The van der Waals surface area contributed by atoms with E-state index in [1.165, 1.54) is 36.5 Å². The van der Waals surface area contributed by atoms with Crippen molar-refractivity contribution in [3.63, 3.8) is 0 Å². The highest BCUT2D eigenvalue weighted by Crippen LogP contribution is 2.36. The molecule has 3 heterocycles. The van der Waals surface area contributed by atoms with Crippen LogP contribution in [0, 0.1) is 0 Å². The third kappa shape index (κ3) is 4.18. The third-order valence-corrected chi connectivity index (χ3v) is 4.91. The highest BCUT2D eigenvalue weighted by molar-refractivity contribution is 6.05. The van der Waals surface area contributed by atoms with Gasteiger partial charge in [-0.15, -0.1) is 0 Å². The second-order valence-electron chi connectivity index (χ2n) is 7.28. The van der Waals surface area contributed by atoms with Gasteiger partial charge in [-0.1, -0.05) is 12.1 Å². The van der Waals surface area contributed by atoms with Gasteiger partial charge in [0, 0.05) is 36.1 Å². The Morgan fingerprint density at radius 1 is 1.18 bits per heavy atom. The van der Waals surface area contributed by atoms with Crippen LogP contribution in [-0.4, -0.2) is 26.6 Å². The number of amides is 1. The van der Waals surface area contributed by atoms with E-state index in [2.05, 4.69) is 20.7 Å². The van der Waals surface area contributed by atoms with E-state index in [1.54, 1.807) is 5.94 Å². The molecule has 174 valence electrons. The first kappa shape index (κ1) is 22.9. The van der Waals surface area contributed by atoms with Crippen LogP contribution in [0.15, 0.2) is 48.9 Å². The zero-order chi connectivity index (χ0) is 24.7. The minimum atomic E-state index is -5.01. The number of hydrogen-bond acceptors (Lipinski definition) is 5. The first-order valence-corrected chi connectivity index (χ1v) is 9.63. The van der Waals surface area contributed by atoms with Gasteiger partial charge < -0.3 is 10.6 Å². The number of carbonyl (C=O) groups is 1. The van der Waals surface area contributed by atoms with Gasteiger partial charge in [0.25, 0.3) is 11.8 Å². The smallest absolute Gasteiger partial charge is 0.352 e. The average Bonchev–Trinajstić information content (AvgIpc) is 3.24. The zero-order valence-corrected chi connectivity index (χ0v) is 17.2. The Morgan fingerprint density at radius 3 is 2.62 bits per heavy atom. The highest BCUT2D eigenvalue weighted by atomic mass is 19.4. The summed E-state index contributed by atoms with van der Waals surface area (Å²) in [5, 5.41) is 8.61. The SMILES string of the molecule is CC(F)(F)c1cc(NC(=O)c2cnn(-c3cccc4c3C=CNC4=C=O)c2C(F)(F)F)ccn1. The second kappa shape index (κ2) is 8.23. The molecule has 4 rings (SSSR count). The van der Waals surface area contributed by atoms with Crippen LogP contribution in [0.3, 0.4) is 0 Å². The summed E-state index contributed by atoms with van der Waals surface area (Å²) in [5.41, 5.74) is -2.48. The molecule has 2 N–H and O–H groups in total. The number of benzene rings is 1. The monoisotopic (exact) mass is 475 g/mol. The van der Waals surface area contributed by atoms with Crippen LogP contribution < -0.4 is 10.6 Å². The van der Waals surface area contributed by atoms with Gasteiger partial charge in [0.15, 0.2) is 11.6 Å². The van der Waals surface area contributed by atoms with E-state index in [-0.39, 0.29) is 22.6 Å². The molecule has 2 aromatic heterocycles. The minimum Gasteiger partial charge on any atom is -0.352 e. The van der Waals surface area contributed by atoms with Crippen molar-refractivity contribution in [3.05, 3.63) is 77.0 Å². The first-order valence-electron chi connectivity index (χ1n) is 9.63. The molecule has 1 amide bonds. The van der Waals surface area contributed by atoms with Crippen molar-refractivity contribution in [2.24, 2.45) is 0 Å². The summed E-state index contributed by atoms with van der Waals surface area (Å²) in [7, 11) is 0. The molecule has 0 unspecified atom stereocenters. The number of nitrogens with zero attached hydrogens (tertiary/aromatic N) is 3. The van der Waals surface area contributed by atoms with E-state index in [4.69, 9.17) is 0 Å². The molecule has 0 fully saturated rings. The standard InChI is InChI=1S/C22H14F5N5O2/c1-21(23,24)18-9-12(5-7-29-18)31-20(34)15-10-30-32(19(15)22(25,26)27)17-4-2-3-13-14(17)6-8-28-16(13)11-33/h2-10,28H,1H3,(H,29,31,34). The highest BCUT2D eigenvalue weighted by Gasteiger charge is 2.41. The number of pyridine rings is 1. The summed E-state index contributed by atoms with van der Waals surface area (Å²) < 4.78 is 69.8. The molecule has 0 saturated heterocycles. The number of aromatic nitrogens is 3. The predicted molar refractivity (Wildman–Crippen MR) is 112 cm³/mol. The molecule has 34 heavy (non-hydrogen) atoms. The van der Waals surface area contributed by atoms with Crippen LogP contribution in [0.1, 0.15) is 39.8 Å². The molecule has 0 atom stereocenters. The van der Waals surface area contributed by atoms with Gasteiger partial charge in [-0.3, -0.25) is 9.78 Å². The van der Waals surface area contributed by atoms with Crippen LogP contribution in [0.5, 0.6) is 0 Å². The van der Waals surface area contributed by atoms with E-state index in [9.17, 15) is 31.5 Å². The molecule has 0 bridgehead atoms. The van der Waals surface area contributed by atoms with E-state index >= 15 is 0 Å². The molecular formula is C22H14F5N5O2. The molecule has 1 aliphatic heterocycles. The van der Waals surface area contributed by atoms with Gasteiger partial charge in [0.1, 0.15) is 11.4 Å². The van der Waals surface area contributed by atoms with Gasteiger partial charge in [-0.25, -0.2) is 9.48 Å². The van der Waals surface area contributed by atoms with Crippen molar-refractivity contribution in [2.75, 3.05) is 5.32 Å². The van der Waals surface area contributed by atoms with Crippen molar-refractivity contribution in [3.8, 4) is 5.69 Å². The normalized spacial score (nSPS) is 13.2. The Kier molecular flexibility index (Phi) is 5.54. The molecule has 1 aliphatic rings. The zero-order valence-electron chi connectivity index (χ0n) is 17.2. The second-order valence-corrected chi connectivity index (χ2v) is 7.28. The van der Waals surface area contributed by atoms with Crippen molar-refractivity contribution in [2.45, 2.75) is 19.0 Å². The predicted octanol–water partition coefficient (Wildman–Crippen LogP) is 4.40. The van der Waals surface area contributed by atoms with Crippen molar-refractivity contribution in [1.82, 2.24) is 20.1 Å². The minimum absolute atomic E-state index is 0.0271. The van der Waals surface area contributed by atoms with Gasteiger partial charge in [-0.2, -0.15) is 27.1 Å². The van der Waals surface area contributed by atoms with E-state index in [0.29, 0.717) is 17.2 Å². The Morgan fingerprint density at radius 2 is 1.94 bits per heavy atom. The Labute approximate surface area is 188 Å². The molecule has 7 nitrogen and oxygen atoms in total. The van der Waals surface area contributed by atoms with Crippen molar-refractivity contribution >= 4 is 29.3 Å². The van der Waals surface area contributed by atoms with Crippen LogP contribution >= 0.6 is 0 Å². The van der Waals surface area contributed by atoms with Gasteiger partial charge in [-0.05, 0) is 24.3 Å². The summed E-state index contributed by atoms with van der Waals surface area (Å²) in [4.78, 5) is 27.4. The number of rotatable bonds is 4. The Hall–Kier alpha value is -4.31. The molecule has 3 aromatic rings. The first-order chi connectivity index (χ1) is 16.0. The fraction of sp³-hybridized carbons (Fsp3) is 0.136. The number of alkyl halides is 5. The Balaban J connectivity index is 1.79. The molecule has 1 aromatic carbocycles. The lowest BCUT2D eigenvalue weighted by atomic mass is 10.0. The van der Waals surface area contributed by atoms with Crippen LogP contribution in [-0.2, 0) is 16.9 Å². The molecule has 0 spiro atoms. The number of carbonyl (C=O) groups excluding carboxylic acids is 2. The Bertz CT molecular complexity index is 1360. The number of nitrogens with one attached hydrogen (secondary N) is 2. The summed E-state index contributed by atoms with van der Waals surface area (Å²) in [6.45, 7) is 0.600. The topological polar surface area (TPSA) is 88.9 Å². The van der Waals surface area contributed by atoms with Gasteiger partial charge in [0.2, 0.25) is 0 Å². The summed E-state index contributed by atoms with van der Waals surface area (Å²) in [5.74, 6) is -2.84. The van der Waals surface area contributed by atoms with Gasteiger partial charge >= 0.3 is 6.18 Å².